The van der Waals surface area contributed by atoms with Gasteiger partial charge in [0.25, 0.3) is 0 Å². The van der Waals surface area contributed by atoms with Crippen LogP contribution in [0.15, 0.2) is 30.3 Å². The standard InChI is InChI=1S/C19H24N4O9/c24-14(8-22-19(31)32-11-12-4-2-1-3-5-12)20-9-15(25)23-13(6-7-16(26)27)18(30)21-10-17(28)29/h1-5,13H,6-11H2,(H,20,24)(H,21,30)(H,22,31)(H,23,25)(H,26,27)(H,28,29)/t13-/m0/s1. The fourth-order valence-corrected chi connectivity index (χ4v) is 2.24. The van der Waals surface area contributed by atoms with Crippen molar-refractivity contribution in [1.29, 1.82) is 0 Å². The molecule has 13 nitrogen and oxygen atoms in total. The molecule has 1 aromatic rings. The second-order valence-electron chi connectivity index (χ2n) is 6.36. The first-order chi connectivity index (χ1) is 15.2. The van der Waals surface area contributed by atoms with E-state index in [-0.39, 0.29) is 13.0 Å². The van der Waals surface area contributed by atoms with Crippen LogP contribution >= 0.6 is 0 Å². The third-order valence-electron chi connectivity index (χ3n) is 3.76. The molecule has 0 unspecified atom stereocenters. The number of carbonyl (C=O) groups is 6. The molecule has 0 heterocycles. The summed E-state index contributed by atoms with van der Waals surface area (Å²) in [5.41, 5.74) is 0.758. The number of nitrogens with one attached hydrogen (secondary N) is 4. The molecule has 32 heavy (non-hydrogen) atoms. The highest BCUT2D eigenvalue weighted by Crippen LogP contribution is 2.00. The lowest BCUT2D eigenvalue weighted by atomic mass is 10.1. The zero-order valence-electron chi connectivity index (χ0n) is 17.0. The Morgan fingerprint density at radius 1 is 0.812 bits per heavy atom. The van der Waals surface area contributed by atoms with Crippen LogP contribution in [0.1, 0.15) is 18.4 Å². The van der Waals surface area contributed by atoms with Gasteiger partial charge in [-0.1, -0.05) is 30.3 Å². The van der Waals surface area contributed by atoms with Gasteiger partial charge < -0.3 is 36.2 Å². The molecule has 174 valence electrons. The smallest absolute Gasteiger partial charge is 0.407 e. The van der Waals surface area contributed by atoms with Gasteiger partial charge in [-0.25, -0.2) is 4.79 Å². The van der Waals surface area contributed by atoms with Crippen LogP contribution in [-0.4, -0.2) is 71.6 Å². The summed E-state index contributed by atoms with van der Waals surface area (Å²) < 4.78 is 4.93. The van der Waals surface area contributed by atoms with E-state index in [1.165, 1.54) is 0 Å². The van der Waals surface area contributed by atoms with E-state index in [2.05, 4.69) is 16.0 Å². The maximum atomic E-state index is 12.0. The first-order valence-corrected chi connectivity index (χ1v) is 9.39. The highest BCUT2D eigenvalue weighted by Gasteiger charge is 2.22. The molecule has 0 radical (unpaired) electrons. The topological polar surface area (TPSA) is 200 Å². The molecular formula is C19H24N4O9. The third kappa shape index (κ3) is 11.7. The number of aliphatic carboxylic acids is 2. The van der Waals surface area contributed by atoms with Crippen molar-refractivity contribution >= 4 is 35.8 Å². The molecule has 4 amide bonds. The number of benzene rings is 1. The van der Waals surface area contributed by atoms with Crippen molar-refractivity contribution in [3.8, 4) is 0 Å². The van der Waals surface area contributed by atoms with Gasteiger partial charge in [-0.05, 0) is 12.0 Å². The molecule has 0 fully saturated rings. The van der Waals surface area contributed by atoms with E-state index in [9.17, 15) is 28.8 Å². The fourth-order valence-electron chi connectivity index (χ4n) is 2.24. The lowest BCUT2D eigenvalue weighted by Gasteiger charge is -2.17. The van der Waals surface area contributed by atoms with Gasteiger partial charge in [-0.2, -0.15) is 0 Å². The van der Waals surface area contributed by atoms with Crippen molar-refractivity contribution in [2.45, 2.75) is 25.5 Å². The Morgan fingerprint density at radius 3 is 2.09 bits per heavy atom. The van der Waals surface area contributed by atoms with Crippen LogP contribution < -0.4 is 21.3 Å². The molecule has 0 aliphatic carbocycles. The van der Waals surface area contributed by atoms with E-state index in [0.29, 0.717) is 0 Å². The SMILES string of the molecule is O=C(O)CC[C@H](NC(=O)CNC(=O)CNC(=O)OCc1ccccc1)C(=O)NCC(=O)O. The lowest BCUT2D eigenvalue weighted by molar-refractivity contribution is -0.140. The van der Waals surface area contributed by atoms with Crippen molar-refractivity contribution in [3.05, 3.63) is 35.9 Å². The second kappa shape index (κ2) is 14.0. The van der Waals surface area contributed by atoms with Gasteiger partial charge in [0, 0.05) is 6.42 Å². The minimum atomic E-state index is -1.32. The molecule has 0 bridgehead atoms. The number of carboxylic acid groups (broad SMARTS) is 2. The number of carboxylic acids is 2. The number of hydrogen-bond donors (Lipinski definition) is 6. The number of alkyl carbamates (subject to hydrolysis) is 1. The van der Waals surface area contributed by atoms with Crippen molar-refractivity contribution in [2.24, 2.45) is 0 Å². The Bertz CT molecular complexity index is 829. The highest BCUT2D eigenvalue weighted by atomic mass is 16.5. The van der Waals surface area contributed by atoms with E-state index in [0.717, 1.165) is 5.56 Å². The van der Waals surface area contributed by atoms with E-state index in [1.54, 1.807) is 30.3 Å². The Morgan fingerprint density at radius 2 is 1.47 bits per heavy atom. The number of carbonyl (C=O) groups excluding carboxylic acids is 4. The minimum absolute atomic E-state index is 0.0123. The number of hydrogen-bond acceptors (Lipinski definition) is 7. The van der Waals surface area contributed by atoms with Crippen LogP contribution in [0.4, 0.5) is 4.79 Å². The van der Waals surface area contributed by atoms with Gasteiger partial charge in [-0.15, -0.1) is 0 Å². The summed E-state index contributed by atoms with van der Waals surface area (Å²) in [4.78, 5) is 68.5. The monoisotopic (exact) mass is 452 g/mol. The molecule has 1 atom stereocenters. The van der Waals surface area contributed by atoms with Gasteiger partial charge in [0.15, 0.2) is 0 Å². The second-order valence-corrected chi connectivity index (χ2v) is 6.36. The zero-order chi connectivity index (χ0) is 23.9. The molecule has 13 heteroatoms. The largest absolute Gasteiger partial charge is 0.481 e. The normalized spacial score (nSPS) is 10.9. The predicted octanol–water partition coefficient (Wildman–Crippen LogP) is -1.42. The molecule has 0 saturated heterocycles. The zero-order valence-corrected chi connectivity index (χ0v) is 17.0. The molecule has 0 aromatic heterocycles. The Balaban J connectivity index is 2.37. The summed E-state index contributed by atoms with van der Waals surface area (Å²) in [6, 6.07) is 7.56. The molecule has 0 aliphatic rings. The van der Waals surface area contributed by atoms with Crippen LogP contribution in [0, 0.1) is 0 Å². The molecule has 6 N–H and O–H groups in total. The average molecular weight is 452 g/mol. The number of rotatable bonds is 13. The summed E-state index contributed by atoms with van der Waals surface area (Å²) in [6.45, 7) is -1.72. The Labute approximate surface area is 182 Å². The quantitative estimate of drug-likeness (QED) is 0.208. The summed E-state index contributed by atoms with van der Waals surface area (Å²) in [7, 11) is 0. The van der Waals surface area contributed by atoms with Crippen molar-refractivity contribution in [2.75, 3.05) is 19.6 Å². The first-order valence-electron chi connectivity index (χ1n) is 9.39. The maximum absolute atomic E-state index is 12.0. The molecule has 0 spiro atoms. The van der Waals surface area contributed by atoms with Gasteiger partial charge in [0.2, 0.25) is 17.7 Å². The summed E-state index contributed by atoms with van der Waals surface area (Å²) in [6.07, 6.45) is -1.57. The minimum Gasteiger partial charge on any atom is -0.481 e. The highest BCUT2D eigenvalue weighted by molar-refractivity contribution is 5.92. The molecule has 0 saturated carbocycles. The van der Waals surface area contributed by atoms with E-state index < -0.39 is 67.9 Å². The number of amides is 4. The lowest BCUT2D eigenvalue weighted by Crippen LogP contribution is -2.51. The van der Waals surface area contributed by atoms with Gasteiger partial charge >= 0.3 is 18.0 Å². The fraction of sp³-hybridized carbons (Fsp3) is 0.368. The van der Waals surface area contributed by atoms with Crippen LogP contribution in [0.5, 0.6) is 0 Å². The third-order valence-corrected chi connectivity index (χ3v) is 3.76. The van der Waals surface area contributed by atoms with Crippen LogP contribution in [0.3, 0.4) is 0 Å². The maximum Gasteiger partial charge on any atom is 0.407 e. The predicted molar refractivity (Wildman–Crippen MR) is 107 cm³/mol. The van der Waals surface area contributed by atoms with Crippen LogP contribution in [-0.2, 0) is 35.3 Å². The first kappa shape index (κ1) is 25.9. The number of ether oxygens (including phenoxy) is 1. The van der Waals surface area contributed by atoms with Crippen LogP contribution in [0.25, 0.3) is 0 Å². The average Bonchev–Trinajstić information content (AvgIpc) is 2.76. The Hall–Kier alpha value is -4.16. The molecular weight excluding hydrogens is 428 g/mol. The summed E-state index contributed by atoms with van der Waals surface area (Å²) in [5, 5.41) is 26.0. The van der Waals surface area contributed by atoms with Crippen molar-refractivity contribution < 1.29 is 43.7 Å². The summed E-state index contributed by atoms with van der Waals surface area (Å²) in [5.74, 6) is -4.94. The van der Waals surface area contributed by atoms with Crippen molar-refractivity contribution in [1.82, 2.24) is 21.3 Å². The summed E-state index contributed by atoms with van der Waals surface area (Å²) >= 11 is 0. The molecule has 1 rings (SSSR count). The molecule has 1 aromatic carbocycles. The van der Waals surface area contributed by atoms with Gasteiger partial charge in [0.05, 0.1) is 6.54 Å². The Kier molecular flexibility index (Phi) is 11.3. The van der Waals surface area contributed by atoms with E-state index in [1.807, 2.05) is 5.32 Å². The van der Waals surface area contributed by atoms with E-state index >= 15 is 0 Å². The van der Waals surface area contributed by atoms with Crippen LogP contribution in [0.2, 0.25) is 0 Å². The van der Waals surface area contributed by atoms with Gasteiger partial charge in [0.1, 0.15) is 25.7 Å². The van der Waals surface area contributed by atoms with E-state index in [4.69, 9.17) is 14.9 Å². The molecule has 0 aliphatic heterocycles. The van der Waals surface area contributed by atoms with Crippen molar-refractivity contribution in [3.63, 3.8) is 0 Å². The van der Waals surface area contributed by atoms with Gasteiger partial charge in [-0.3, -0.25) is 24.0 Å².